The highest BCUT2D eigenvalue weighted by molar-refractivity contribution is 6.76. The van der Waals surface area contributed by atoms with Crippen LogP contribution in [0, 0.1) is 17.8 Å². The number of esters is 1. The number of fused-ring (bicyclic) bond motifs is 1. The summed E-state index contributed by atoms with van der Waals surface area (Å²) in [6.45, 7) is 7.34. The second kappa shape index (κ2) is 13.7. The van der Waals surface area contributed by atoms with Gasteiger partial charge in [0.1, 0.15) is 17.9 Å². The molecule has 4 aromatic rings. The second-order valence-electron chi connectivity index (χ2n) is 12.4. The molecule has 8 nitrogen and oxygen atoms in total. The van der Waals surface area contributed by atoms with Gasteiger partial charge in [-0.15, -0.1) is 5.10 Å². The number of hydrogen-bond acceptors (Lipinski definition) is 7. The number of halogens is 1. The van der Waals surface area contributed by atoms with Gasteiger partial charge in [-0.3, -0.25) is 14.4 Å². The van der Waals surface area contributed by atoms with Crippen LogP contribution in [0.3, 0.4) is 0 Å². The number of ether oxygens (including phenoxy) is 2. The van der Waals surface area contributed by atoms with Gasteiger partial charge in [0.2, 0.25) is 0 Å². The van der Waals surface area contributed by atoms with Crippen LogP contribution in [0.25, 0.3) is 17.1 Å². The molecule has 44 heavy (non-hydrogen) atoms. The van der Waals surface area contributed by atoms with Crippen LogP contribution in [0.5, 0.6) is 5.75 Å². The summed E-state index contributed by atoms with van der Waals surface area (Å²) in [6, 6.07) is 22.3. The predicted molar refractivity (Wildman–Crippen MR) is 175 cm³/mol. The van der Waals surface area contributed by atoms with Gasteiger partial charge in [-0.25, -0.2) is 0 Å². The van der Waals surface area contributed by atoms with E-state index in [0.717, 1.165) is 11.6 Å². The number of nitrogens with zero attached hydrogens (tertiary/aromatic N) is 3. The fourth-order valence-electron chi connectivity index (χ4n) is 5.45. The third-order valence-electron chi connectivity index (χ3n) is 7.91. The van der Waals surface area contributed by atoms with Crippen molar-refractivity contribution in [1.29, 1.82) is 0 Å². The van der Waals surface area contributed by atoms with Gasteiger partial charge in [-0.2, -0.15) is 4.68 Å². The molecule has 1 heterocycles. The molecule has 1 saturated carbocycles. The van der Waals surface area contributed by atoms with Crippen molar-refractivity contribution in [3.05, 3.63) is 105 Å². The van der Waals surface area contributed by atoms with Gasteiger partial charge < -0.3 is 9.47 Å². The van der Waals surface area contributed by atoms with Crippen molar-refractivity contribution in [2.24, 2.45) is 17.8 Å². The van der Waals surface area contributed by atoms with Crippen molar-refractivity contribution in [3.8, 4) is 5.75 Å². The number of allylic oxidation sites excluding steroid dienone is 1. The molecular formula is C34H36ClN3O5Si. The Labute approximate surface area is 262 Å². The predicted octanol–water partition coefficient (Wildman–Crippen LogP) is 6.90. The molecule has 0 spiro atoms. The zero-order valence-corrected chi connectivity index (χ0v) is 26.9. The van der Waals surface area contributed by atoms with Crippen LogP contribution >= 0.6 is 11.6 Å². The van der Waals surface area contributed by atoms with Gasteiger partial charge in [0.05, 0.1) is 17.9 Å². The first-order valence-corrected chi connectivity index (χ1v) is 18.9. The molecule has 10 heteroatoms. The maximum absolute atomic E-state index is 13.8. The summed E-state index contributed by atoms with van der Waals surface area (Å²) in [7, 11) is -1.43. The molecule has 228 valence electrons. The van der Waals surface area contributed by atoms with E-state index in [-0.39, 0.29) is 23.2 Å². The van der Waals surface area contributed by atoms with Crippen LogP contribution < -0.4 is 10.3 Å². The van der Waals surface area contributed by atoms with E-state index in [0.29, 0.717) is 53.3 Å². The Kier molecular flexibility index (Phi) is 9.76. The van der Waals surface area contributed by atoms with Gasteiger partial charge in [-0.05, 0) is 78.9 Å². The van der Waals surface area contributed by atoms with Crippen molar-refractivity contribution in [3.63, 3.8) is 0 Å². The summed E-state index contributed by atoms with van der Waals surface area (Å²) in [5.74, 6) is -1.41. The molecule has 1 aliphatic carbocycles. The van der Waals surface area contributed by atoms with Crippen LogP contribution in [0.2, 0.25) is 30.7 Å². The van der Waals surface area contributed by atoms with Crippen LogP contribution in [0.1, 0.15) is 28.8 Å². The van der Waals surface area contributed by atoms with Gasteiger partial charge in [0, 0.05) is 30.8 Å². The minimum absolute atomic E-state index is 0.114. The maximum Gasteiger partial charge on any atom is 0.310 e. The van der Waals surface area contributed by atoms with Crippen molar-refractivity contribution in [1.82, 2.24) is 15.0 Å². The van der Waals surface area contributed by atoms with Gasteiger partial charge >= 0.3 is 5.97 Å². The SMILES string of the molecule is C[Si](C)(C)CCOC(=O)C1C(C=Cn2nnc3ccccc3c2=O)CCC1C(=O)c1ccc(OCc2cccc(Cl)c2)cc1. The average Bonchev–Trinajstić information content (AvgIpc) is 3.43. The molecule has 3 atom stereocenters. The third-order valence-corrected chi connectivity index (χ3v) is 9.85. The molecule has 1 aromatic heterocycles. The minimum Gasteiger partial charge on any atom is -0.489 e. The topological polar surface area (TPSA) is 100 Å². The quantitative estimate of drug-likeness (QED) is 0.101. The zero-order chi connectivity index (χ0) is 31.3. The summed E-state index contributed by atoms with van der Waals surface area (Å²) < 4.78 is 12.8. The van der Waals surface area contributed by atoms with Crippen molar-refractivity contribution in [2.75, 3.05) is 6.61 Å². The van der Waals surface area contributed by atoms with Crippen molar-refractivity contribution in [2.45, 2.75) is 45.1 Å². The highest BCUT2D eigenvalue weighted by Gasteiger charge is 2.44. The summed E-state index contributed by atoms with van der Waals surface area (Å²) in [4.78, 5) is 40.3. The number of rotatable bonds is 11. The lowest BCUT2D eigenvalue weighted by Crippen LogP contribution is -2.32. The van der Waals surface area contributed by atoms with Gasteiger partial charge in [0.15, 0.2) is 5.78 Å². The number of ketones is 1. The fraction of sp³-hybridized carbons (Fsp3) is 0.324. The van der Waals surface area contributed by atoms with Crippen LogP contribution in [-0.4, -0.2) is 41.4 Å². The second-order valence-corrected chi connectivity index (χ2v) is 18.4. The van der Waals surface area contributed by atoms with E-state index in [9.17, 15) is 14.4 Å². The maximum atomic E-state index is 13.8. The van der Waals surface area contributed by atoms with E-state index < -0.39 is 19.9 Å². The lowest BCUT2D eigenvalue weighted by atomic mass is 9.84. The van der Waals surface area contributed by atoms with Gasteiger partial charge in [-0.1, -0.05) is 66.8 Å². The molecule has 0 saturated heterocycles. The Hall–Kier alpha value is -4.08. The average molecular weight is 630 g/mol. The van der Waals surface area contributed by atoms with E-state index in [1.807, 2.05) is 24.3 Å². The number of Topliss-reactive ketones (excluding diaryl/α,β-unsaturated/α-hetero) is 1. The highest BCUT2D eigenvalue weighted by Crippen LogP contribution is 2.41. The first kappa shape index (κ1) is 31.3. The molecule has 0 amide bonds. The smallest absolute Gasteiger partial charge is 0.310 e. The Morgan fingerprint density at radius 1 is 1.02 bits per heavy atom. The molecule has 1 fully saturated rings. The summed E-state index contributed by atoms with van der Waals surface area (Å²) in [6.07, 6.45) is 4.45. The van der Waals surface area contributed by atoms with Crippen molar-refractivity contribution >= 4 is 48.5 Å². The number of aromatic nitrogens is 3. The summed E-state index contributed by atoms with van der Waals surface area (Å²) in [5.41, 5.74) is 1.66. The van der Waals surface area contributed by atoms with E-state index in [2.05, 4.69) is 30.0 Å². The molecular weight excluding hydrogens is 594 g/mol. The normalized spacial score (nSPS) is 18.5. The number of benzene rings is 3. The van der Waals surface area contributed by atoms with E-state index in [4.69, 9.17) is 21.1 Å². The molecule has 0 aliphatic heterocycles. The molecule has 0 radical (unpaired) electrons. The van der Waals surface area contributed by atoms with Crippen molar-refractivity contribution < 1.29 is 19.1 Å². The summed E-state index contributed by atoms with van der Waals surface area (Å²) in [5, 5.41) is 9.26. The van der Waals surface area contributed by atoms with Gasteiger partial charge in [0.25, 0.3) is 5.56 Å². The van der Waals surface area contributed by atoms with E-state index >= 15 is 0 Å². The molecule has 3 unspecified atom stereocenters. The van der Waals surface area contributed by atoms with E-state index in [1.165, 1.54) is 4.68 Å². The Balaban J connectivity index is 1.33. The largest absolute Gasteiger partial charge is 0.489 e. The lowest BCUT2D eigenvalue weighted by Gasteiger charge is -2.22. The molecule has 0 bridgehead atoms. The number of hydrogen-bond donors (Lipinski definition) is 0. The number of carbonyl (C=O) groups is 2. The van der Waals surface area contributed by atoms with Crippen LogP contribution in [0.4, 0.5) is 0 Å². The monoisotopic (exact) mass is 629 g/mol. The summed E-state index contributed by atoms with van der Waals surface area (Å²) >= 11 is 6.07. The standard InChI is InChI=1S/C34H36ClN3O5Si/c1-44(2,3)20-19-42-34(41)31-24(17-18-38-33(40)28-9-4-5-10-30(28)36-37-38)13-16-29(31)32(39)25-11-14-27(15-12-25)43-22-23-7-6-8-26(35)21-23/h4-12,14-15,17-18,21,24,29,31H,13,16,19-20,22H2,1-3H3. The van der Waals surface area contributed by atoms with Crippen LogP contribution in [-0.2, 0) is 16.1 Å². The molecule has 5 rings (SSSR count). The molecule has 0 N–H and O–H groups in total. The minimum atomic E-state index is -1.43. The zero-order valence-electron chi connectivity index (χ0n) is 25.1. The van der Waals surface area contributed by atoms with E-state index in [1.54, 1.807) is 60.8 Å². The first-order valence-electron chi connectivity index (χ1n) is 14.8. The third kappa shape index (κ3) is 7.70. The Morgan fingerprint density at radius 2 is 1.80 bits per heavy atom. The first-order chi connectivity index (χ1) is 21.1. The lowest BCUT2D eigenvalue weighted by molar-refractivity contribution is -0.149. The molecule has 1 aliphatic rings. The number of carbonyl (C=O) groups excluding carboxylic acids is 2. The Bertz CT molecular complexity index is 1730. The molecule has 3 aromatic carbocycles. The Morgan fingerprint density at radius 3 is 2.55 bits per heavy atom. The van der Waals surface area contributed by atoms with Crippen LogP contribution in [0.15, 0.2) is 83.7 Å². The highest BCUT2D eigenvalue weighted by atomic mass is 35.5. The fourth-order valence-corrected chi connectivity index (χ4v) is 6.37.